The summed E-state index contributed by atoms with van der Waals surface area (Å²) in [6.45, 7) is 1.52. The summed E-state index contributed by atoms with van der Waals surface area (Å²) in [7, 11) is 0. The van der Waals surface area contributed by atoms with Crippen LogP contribution in [0.1, 0.15) is 5.56 Å². The summed E-state index contributed by atoms with van der Waals surface area (Å²) in [5.74, 6) is -2.80. The van der Waals surface area contributed by atoms with Crippen LogP contribution in [0.3, 0.4) is 0 Å². The summed E-state index contributed by atoms with van der Waals surface area (Å²) in [5, 5.41) is 0.106. The molecule has 0 spiro atoms. The van der Waals surface area contributed by atoms with Gasteiger partial charge in [-0.1, -0.05) is 12.1 Å². The summed E-state index contributed by atoms with van der Waals surface area (Å²) in [4.78, 5) is 0. The van der Waals surface area contributed by atoms with Gasteiger partial charge in [0.25, 0.3) is 0 Å². The molecular formula is C11H6F3I. The molecule has 4 heteroatoms. The minimum atomic E-state index is -1.11. The van der Waals surface area contributed by atoms with Crippen LogP contribution in [-0.2, 0) is 0 Å². The van der Waals surface area contributed by atoms with Crippen molar-refractivity contribution < 1.29 is 13.2 Å². The zero-order valence-corrected chi connectivity index (χ0v) is 9.90. The summed E-state index contributed by atoms with van der Waals surface area (Å²) in [6, 6.07) is 4.56. The highest BCUT2D eigenvalue weighted by Crippen LogP contribution is 2.28. The van der Waals surface area contributed by atoms with Crippen molar-refractivity contribution in [3.63, 3.8) is 0 Å². The molecule has 0 amide bonds. The van der Waals surface area contributed by atoms with Crippen LogP contribution in [0.2, 0.25) is 0 Å². The normalized spacial score (nSPS) is 11.0. The molecule has 0 atom stereocenters. The predicted molar refractivity (Wildman–Crippen MR) is 61.3 cm³/mol. The van der Waals surface area contributed by atoms with Crippen LogP contribution < -0.4 is 0 Å². The Hall–Kier alpha value is -0.780. The third kappa shape index (κ3) is 1.60. The molecule has 15 heavy (non-hydrogen) atoms. The number of aryl methyl sites for hydroxylation is 1. The minimum absolute atomic E-state index is 0.154. The lowest BCUT2D eigenvalue weighted by Gasteiger charge is -2.06. The fraction of sp³-hybridized carbons (Fsp3) is 0.0909. The molecular weight excluding hydrogens is 316 g/mol. The summed E-state index contributed by atoms with van der Waals surface area (Å²) in [6.07, 6.45) is 0. The van der Waals surface area contributed by atoms with E-state index >= 15 is 0 Å². The Morgan fingerprint density at radius 3 is 2.33 bits per heavy atom. The molecule has 0 unspecified atom stereocenters. The Balaban J connectivity index is 3.00. The van der Waals surface area contributed by atoms with Crippen LogP contribution in [0, 0.1) is 27.9 Å². The van der Waals surface area contributed by atoms with Gasteiger partial charge >= 0.3 is 0 Å². The molecule has 0 nitrogen and oxygen atoms in total. The van der Waals surface area contributed by atoms with Crippen LogP contribution in [0.5, 0.6) is 0 Å². The van der Waals surface area contributed by atoms with E-state index in [1.165, 1.54) is 13.0 Å². The fourth-order valence-electron chi connectivity index (χ4n) is 1.45. The van der Waals surface area contributed by atoms with Gasteiger partial charge < -0.3 is 0 Å². The Morgan fingerprint density at radius 2 is 1.67 bits per heavy atom. The third-order valence-corrected chi connectivity index (χ3v) is 3.06. The molecule has 0 aliphatic rings. The van der Waals surface area contributed by atoms with Crippen molar-refractivity contribution >= 4 is 33.4 Å². The maximum absolute atomic E-state index is 13.6. The van der Waals surface area contributed by atoms with E-state index in [4.69, 9.17) is 0 Å². The second-order valence-electron chi connectivity index (χ2n) is 3.28. The van der Waals surface area contributed by atoms with Crippen molar-refractivity contribution in [1.82, 2.24) is 0 Å². The number of rotatable bonds is 0. The molecule has 0 N–H and O–H groups in total. The van der Waals surface area contributed by atoms with Crippen molar-refractivity contribution in [2.24, 2.45) is 0 Å². The topological polar surface area (TPSA) is 0 Å². The van der Waals surface area contributed by atoms with Crippen LogP contribution in [-0.4, -0.2) is 0 Å². The first-order valence-electron chi connectivity index (χ1n) is 4.24. The SMILES string of the molecule is Cc1ccc2cc(I)c(F)c(F)c2c1F. The maximum Gasteiger partial charge on any atom is 0.172 e. The molecule has 0 aliphatic carbocycles. The lowest BCUT2D eigenvalue weighted by molar-refractivity contribution is 0.506. The van der Waals surface area contributed by atoms with E-state index in [2.05, 4.69) is 0 Å². The monoisotopic (exact) mass is 322 g/mol. The molecule has 0 fully saturated rings. The summed E-state index contributed by atoms with van der Waals surface area (Å²) >= 11 is 1.68. The Bertz CT molecular complexity index is 549. The van der Waals surface area contributed by atoms with Gasteiger partial charge in [-0.2, -0.15) is 0 Å². The first kappa shape index (κ1) is 10.7. The molecule has 2 aromatic carbocycles. The first-order valence-corrected chi connectivity index (χ1v) is 5.32. The zero-order chi connectivity index (χ0) is 11.2. The number of hydrogen-bond donors (Lipinski definition) is 0. The standard InChI is InChI=1S/C11H6F3I/c1-5-2-3-6-4-7(15)10(13)11(14)8(6)9(5)12/h2-4H,1H3. The smallest absolute Gasteiger partial charge is 0.172 e. The molecule has 0 aliphatic heterocycles. The average molecular weight is 322 g/mol. The molecule has 0 saturated carbocycles. The van der Waals surface area contributed by atoms with E-state index in [9.17, 15) is 13.2 Å². The van der Waals surface area contributed by atoms with Crippen LogP contribution in [0.4, 0.5) is 13.2 Å². The molecule has 2 aromatic rings. The van der Waals surface area contributed by atoms with Gasteiger partial charge in [-0.15, -0.1) is 0 Å². The number of hydrogen-bond acceptors (Lipinski definition) is 0. The average Bonchev–Trinajstić information content (AvgIpc) is 2.20. The fourth-order valence-corrected chi connectivity index (χ4v) is 2.03. The second kappa shape index (κ2) is 3.66. The van der Waals surface area contributed by atoms with Gasteiger partial charge in [-0.3, -0.25) is 0 Å². The van der Waals surface area contributed by atoms with Gasteiger partial charge in [0, 0.05) is 0 Å². The maximum atomic E-state index is 13.6. The predicted octanol–water partition coefficient (Wildman–Crippen LogP) is 4.17. The van der Waals surface area contributed by atoms with Gasteiger partial charge in [0.1, 0.15) is 5.82 Å². The molecule has 0 heterocycles. The van der Waals surface area contributed by atoms with Crippen LogP contribution in [0.15, 0.2) is 18.2 Å². The molecule has 0 bridgehead atoms. The van der Waals surface area contributed by atoms with Gasteiger partial charge in [0.05, 0.1) is 8.96 Å². The summed E-state index contributed by atoms with van der Waals surface area (Å²) in [5.41, 5.74) is 0.307. The molecule has 0 radical (unpaired) electrons. The van der Waals surface area contributed by atoms with E-state index in [0.29, 0.717) is 10.9 Å². The van der Waals surface area contributed by atoms with Crippen molar-refractivity contribution in [1.29, 1.82) is 0 Å². The largest absolute Gasteiger partial charge is 0.206 e. The van der Waals surface area contributed by atoms with E-state index in [1.54, 1.807) is 34.7 Å². The summed E-state index contributed by atoms with van der Waals surface area (Å²) < 4.78 is 40.4. The first-order chi connectivity index (χ1) is 7.02. The van der Waals surface area contributed by atoms with Gasteiger partial charge in [-0.25, -0.2) is 13.2 Å². The quantitative estimate of drug-likeness (QED) is 0.504. The number of fused-ring (bicyclic) bond motifs is 1. The van der Waals surface area contributed by atoms with Crippen molar-refractivity contribution in [3.8, 4) is 0 Å². The second-order valence-corrected chi connectivity index (χ2v) is 4.44. The molecule has 0 saturated heterocycles. The van der Waals surface area contributed by atoms with Crippen molar-refractivity contribution in [2.75, 3.05) is 0 Å². The zero-order valence-electron chi connectivity index (χ0n) is 7.74. The van der Waals surface area contributed by atoms with Crippen molar-refractivity contribution in [2.45, 2.75) is 6.92 Å². The van der Waals surface area contributed by atoms with E-state index in [-0.39, 0.29) is 8.96 Å². The Kier molecular flexibility index (Phi) is 2.62. The van der Waals surface area contributed by atoms with Gasteiger partial charge in [0.2, 0.25) is 0 Å². The van der Waals surface area contributed by atoms with Crippen molar-refractivity contribution in [3.05, 3.63) is 44.8 Å². The number of halogens is 4. The number of benzene rings is 2. The van der Waals surface area contributed by atoms with Gasteiger partial charge in [0.15, 0.2) is 11.6 Å². The highest BCUT2D eigenvalue weighted by molar-refractivity contribution is 14.1. The van der Waals surface area contributed by atoms with E-state index < -0.39 is 17.5 Å². The van der Waals surface area contributed by atoms with Crippen LogP contribution in [0.25, 0.3) is 10.8 Å². The molecule has 0 aromatic heterocycles. The van der Waals surface area contributed by atoms with E-state index in [1.807, 2.05) is 0 Å². The molecule has 78 valence electrons. The Labute approximate surface area is 98.2 Å². The van der Waals surface area contributed by atoms with Crippen LogP contribution >= 0.6 is 22.6 Å². The van der Waals surface area contributed by atoms with E-state index in [0.717, 1.165) is 0 Å². The Morgan fingerprint density at radius 1 is 1.00 bits per heavy atom. The highest BCUT2D eigenvalue weighted by atomic mass is 127. The minimum Gasteiger partial charge on any atom is -0.206 e. The third-order valence-electron chi connectivity index (χ3n) is 2.27. The highest BCUT2D eigenvalue weighted by Gasteiger charge is 2.16. The molecule has 2 rings (SSSR count). The van der Waals surface area contributed by atoms with Gasteiger partial charge in [-0.05, 0) is 46.5 Å². The lowest BCUT2D eigenvalue weighted by Crippen LogP contribution is -1.95. The lowest BCUT2D eigenvalue weighted by atomic mass is 10.1.